The third-order valence-electron chi connectivity index (χ3n) is 2.65. The van der Waals surface area contributed by atoms with Gasteiger partial charge in [-0.05, 0) is 25.5 Å². The van der Waals surface area contributed by atoms with Gasteiger partial charge < -0.3 is 10.6 Å². The zero-order valence-corrected chi connectivity index (χ0v) is 9.59. The van der Waals surface area contributed by atoms with Crippen molar-refractivity contribution in [3.8, 4) is 6.07 Å². The molecule has 1 aromatic rings. The summed E-state index contributed by atoms with van der Waals surface area (Å²) >= 11 is 6.06. The fourth-order valence-electron chi connectivity index (χ4n) is 1.80. The average molecular weight is 237 g/mol. The predicted octanol–water partition coefficient (Wildman–Crippen LogP) is 1.77. The molecule has 0 aliphatic carbocycles. The van der Waals surface area contributed by atoms with Crippen LogP contribution in [0.1, 0.15) is 18.4 Å². The van der Waals surface area contributed by atoms with Gasteiger partial charge in [-0.25, -0.2) is 4.98 Å². The Labute approximate surface area is 99.6 Å². The third-order valence-corrected chi connectivity index (χ3v) is 3.03. The van der Waals surface area contributed by atoms with Gasteiger partial charge in [0, 0.05) is 18.8 Å². The maximum atomic E-state index is 8.85. The molecule has 1 fully saturated rings. The fraction of sp³-hybridized carbons (Fsp3) is 0.455. The van der Waals surface area contributed by atoms with E-state index < -0.39 is 0 Å². The Morgan fingerprint density at radius 2 is 2.50 bits per heavy atom. The van der Waals surface area contributed by atoms with Gasteiger partial charge in [-0.1, -0.05) is 11.6 Å². The van der Waals surface area contributed by atoms with Crippen LogP contribution in [0.3, 0.4) is 0 Å². The molecule has 16 heavy (non-hydrogen) atoms. The standard InChI is InChI=1S/C11H13ClN4/c12-10-8(6-13)3-5-15-11(10)16-9-2-1-4-14-7-9/h3,5,9,14H,1-2,4,7H2,(H,15,16). The van der Waals surface area contributed by atoms with E-state index in [1.54, 1.807) is 12.3 Å². The van der Waals surface area contributed by atoms with E-state index in [0.717, 1.165) is 25.9 Å². The van der Waals surface area contributed by atoms with Crippen molar-refractivity contribution < 1.29 is 0 Å². The summed E-state index contributed by atoms with van der Waals surface area (Å²) in [7, 11) is 0. The molecule has 1 aromatic heterocycles. The van der Waals surface area contributed by atoms with E-state index >= 15 is 0 Å². The molecular weight excluding hydrogens is 224 g/mol. The fourth-order valence-corrected chi connectivity index (χ4v) is 2.01. The zero-order valence-electron chi connectivity index (χ0n) is 8.83. The molecule has 0 spiro atoms. The Hall–Kier alpha value is -1.31. The van der Waals surface area contributed by atoms with Gasteiger partial charge in [-0.15, -0.1) is 0 Å². The van der Waals surface area contributed by atoms with Crippen LogP contribution in [0.5, 0.6) is 0 Å². The summed E-state index contributed by atoms with van der Waals surface area (Å²) in [5.41, 5.74) is 0.461. The maximum Gasteiger partial charge on any atom is 0.146 e. The minimum Gasteiger partial charge on any atom is -0.365 e. The molecule has 0 radical (unpaired) electrons. The predicted molar refractivity (Wildman–Crippen MR) is 63.5 cm³/mol. The quantitative estimate of drug-likeness (QED) is 0.822. The molecule has 0 bridgehead atoms. The highest BCUT2D eigenvalue weighted by Gasteiger charge is 2.15. The van der Waals surface area contributed by atoms with E-state index in [0.29, 0.717) is 22.4 Å². The molecule has 0 saturated carbocycles. The van der Waals surface area contributed by atoms with E-state index in [4.69, 9.17) is 16.9 Å². The number of pyridine rings is 1. The van der Waals surface area contributed by atoms with Crippen molar-refractivity contribution in [3.05, 3.63) is 22.8 Å². The zero-order chi connectivity index (χ0) is 11.4. The summed E-state index contributed by atoms with van der Waals surface area (Å²) in [5.74, 6) is 0.606. The van der Waals surface area contributed by atoms with Crippen LogP contribution >= 0.6 is 11.6 Å². The first-order chi connectivity index (χ1) is 7.81. The van der Waals surface area contributed by atoms with Crippen molar-refractivity contribution in [3.63, 3.8) is 0 Å². The molecule has 2 N–H and O–H groups in total. The summed E-state index contributed by atoms with van der Waals surface area (Å²) in [5, 5.41) is 15.8. The molecule has 5 heteroatoms. The topological polar surface area (TPSA) is 60.7 Å². The van der Waals surface area contributed by atoms with E-state index in [1.807, 2.05) is 6.07 Å². The van der Waals surface area contributed by atoms with Crippen LogP contribution in [0, 0.1) is 11.3 Å². The second-order valence-electron chi connectivity index (χ2n) is 3.82. The van der Waals surface area contributed by atoms with Crippen molar-refractivity contribution >= 4 is 17.4 Å². The SMILES string of the molecule is N#Cc1ccnc(NC2CCCNC2)c1Cl. The largest absolute Gasteiger partial charge is 0.365 e. The first kappa shape index (κ1) is 11.2. The van der Waals surface area contributed by atoms with Crippen LogP contribution in [-0.4, -0.2) is 24.1 Å². The van der Waals surface area contributed by atoms with E-state index in [2.05, 4.69) is 15.6 Å². The smallest absolute Gasteiger partial charge is 0.146 e. The van der Waals surface area contributed by atoms with E-state index in [-0.39, 0.29) is 0 Å². The normalized spacial score (nSPS) is 20.1. The number of anilines is 1. The average Bonchev–Trinajstić information content (AvgIpc) is 2.33. The van der Waals surface area contributed by atoms with Crippen LogP contribution in [0.25, 0.3) is 0 Å². The molecule has 0 aromatic carbocycles. The number of piperidine rings is 1. The lowest BCUT2D eigenvalue weighted by Gasteiger charge is -2.24. The van der Waals surface area contributed by atoms with Gasteiger partial charge in [0.2, 0.25) is 0 Å². The molecule has 1 saturated heterocycles. The van der Waals surface area contributed by atoms with Gasteiger partial charge in [0.25, 0.3) is 0 Å². The van der Waals surface area contributed by atoms with E-state index in [1.165, 1.54) is 0 Å². The first-order valence-electron chi connectivity index (χ1n) is 5.33. The number of aromatic nitrogens is 1. The molecule has 84 valence electrons. The van der Waals surface area contributed by atoms with Gasteiger partial charge in [0.1, 0.15) is 16.9 Å². The number of nitriles is 1. The third kappa shape index (κ3) is 2.43. The highest BCUT2D eigenvalue weighted by atomic mass is 35.5. The number of hydrogen-bond donors (Lipinski definition) is 2. The van der Waals surface area contributed by atoms with Gasteiger partial charge in [0.05, 0.1) is 5.56 Å². The summed E-state index contributed by atoms with van der Waals surface area (Å²) in [6, 6.07) is 4.00. The summed E-state index contributed by atoms with van der Waals surface area (Å²) < 4.78 is 0. The van der Waals surface area contributed by atoms with Crippen molar-refractivity contribution in [2.45, 2.75) is 18.9 Å². The number of hydrogen-bond acceptors (Lipinski definition) is 4. The Morgan fingerprint density at radius 3 is 3.19 bits per heavy atom. The maximum absolute atomic E-state index is 8.85. The summed E-state index contributed by atoms with van der Waals surface area (Å²) in [6.07, 6.45) is 3.85. The number of nitrogens with one attached hydrogen (secondary N) is 2. The summed E-state index contributed by atoms with van der Waals surface area (Å²) in [4.78, 5) is 4.16. The first-order valence-corrected chi connectivity index (χ1v) is 5.71. The van der Waals surface area contributed by atoms with Crippen LogP contribution in [0.15, 0.2) is 12.3 Å². The lowest BCUT2D eigenvalue weighted by molar-refractivity contribution is 0.479. The van der Waals surface area contributed by atoms with Crippen LogP contribution in [-0.2, 0) is 0 Å². The molecule has 4 nitrogen and oxygen atoms in total. The highest BCUT2D eigenvalue weighted by molar-refractivity contribution is 6.34. The molecular formula is C11H13ClN4. The van der Waals surface area contributed by atoms with Gasteiger partial charge in [-0.3, -0.25) is 0 Å². The monoisotopic (exact) mass is 236 g/mol. The Kier molecular flexibility index (Phi) is 3.60. The van der Waals surface area contributed by atoms with Crippen LogP contribution in [0.4, 0.5) is 5.82 Å². The molecule has 1 atom stereocenters. The molecule has 1 unspecified atom stereocenters. The van der Waals surface area contributed by atoms with Crippen molar-refractivity contribution in [1.29, 1.82) is 5.26 Å². The number of nitrogens with zero attached hydrogens (tertiary/aromatic N) is 2. The highest BCUT2D eigenvalue weighted by Crippen LogP contribution is 2.24. The Morgan fingerprint density at radius 1 is 1.62 bits per heavy atom. The van der Waals surface area contributed by atoms with Crippen LogP contribution < -0.4 is 10.6 Å². The van der Waals surface area contributed by atoms with Gasteiger partial charge >= 0.3 is 0 Å². The minimum absolute atomic E-state index is 0.340. The molecule has 1 aliphatic heterocycles. The second-order valence-corrected chi connectivity index (χ2v) is 4.20. The molecule has 0 amide bonds. The molecule has 1 aliphatic rings. The van der Waals surface area contributed by atoms with Crippen molar-refractivity contribution in [1.82, 2.24) is 10.3 Å². The van der Waals surface area contributed by atoms with E-state index in [9.17, 15) is 0 Å². The summed E-state index contributed by atoms with van der Waals surface area (Å²) in [6.45, 7) is 1.98. The lowest BCUT2D eigenvalue weighted by Crippen LogP contribution is -2.38. The van der Waals surface area contributed by atoms with Crippen molar-refractivity contribution in [2.24, 2.45) is 0 Å². The Balaban J connectivity index is 2.12. The Bertz CT molecular complexity index is 407. The molecule has 2 rings (SSSR count). The van der Waals surface area contributed by atoms with Crippen molar-refractivity contribution in [2.75, 3.05) is 18.4 Å². The van der Waals surface area contributed by atoms with Gasteiger partial charge in [-0.2, -0.15) is 5.26 Å². The number of rotatable bonds is 2. The molecule has 2 heterocycles. The lowest BCUT2D eigenvalue weighted by atomic mass is 10.1. The second kappa shape index (κ2) is 5.15. The minimum atomic E-state index is 0.340. The number of halogens is 1. The van der Waals surface area contributed by atoms with Crippen LogP contribution in [0.2, 0.25) is 5.02 Å². The van der Waals surface area contributed by atoms with Gasteiger partial charge in [0.15, 0.2) is 0 Å².